The number of nitriles is 1. The summed E-state index contributed by atoms with van der Waals surface area (Å²) < 4.78 is 3.35. The molecule has 0 radical (unpaired) electrons. The molecule has 0 aliphatic rings. The normalized spacial score (nSPS) is 10.5. The summed E-state index contributed by atoms with van der Waals surface area (Å²) in [7, 11) is 0. The number of hydrogen-bond donors (Lipinski definition) is 0. The number of aromatic nitrogens is 6. The third-order valence-electron chi connectivity index (χ3n) is 2.71. The van der Waals surface area contributed by atoms with Crippen LogP contribution in [0.15, 0.2) is 49.6 Å². The van der Waals surface area contributed by atoms with Crippen molar-refractivity contribution in [2.75, 3.05) is 0 Å². The van der Waals surface area contributed by atoms with Crippen LogP contribution in [0.2, 0.25) is 0 Å². The second-order valence-corrected chi connectivity index (χ2v) is 3.86. The Kier molecular flexibility index (Phi) is 2.74. The average molecular weight is 251 g/mol. The quantitative estimate of drug-likeness (QED) is 0.688. The minimum absolute atomic E-state index is 0.266. The summed E-state index contributed by atoms with van der Waals surface area (Å²) in [5.41, 5.74) is 1.55. The SMILES string of the molecule is N#Cc1ccc(C(n2cncn2)n2cncn2)cc1. The summed E-state index contributed by atoms with van der Waals surface area (Å²) in [6.07, 6.45) is 5.90. The molecule has 0 fully saturated rings. The molecular weight excluding hydrogens is 242 g/mol. The molecule has 19 heavy (non-hydrogen) atoms. The van der Waals surface area contributed by atoms with E-state index in [-0.39, 0.29) is 6.17 Å². The molecule has 0 aliphatic heterocycles. The third kappa shape index (κ3) is 2.07. The van der Waals surface area contributed by atoms with Gasteiger partial charge in [-0.3, -0.25) is 0 Å². The zero-order chi connectivity index (χ0) is 13.1. The molecule has 0 bridgehead atoms. The summed E-state index contributed by atoms with van der Waals surface area (Å²) in [6.45, 7) is 0. The Morgan fingerprint density at radius 2 is 1.53 bits per heavy atom. The summed E-state index contributed by atoms with van der Waals surface area (Å²) >= 11 is 0. The maximum absolute atomic E-state index is 8.83. The smallest absolute Gasteiger partial charge is 0.172 e. The standard InChI is InChI=1S/C12H9N7/c13-5-10-1-3-11(4-2-10)12(18-8-14-6-16-18)19-9-15-7-17-19/h1-4,6-9,12H. The van der Waals surface area contributed by atoms with Gasteiger partial charge in [-0.15, -0.1) is 0 Å². The fraction of sp³-hybridized carbons (Fsp3) is 0.0833. The highest BCUT2D eigenvalue weighted by molar-refractivity contribution is 5.33. The van der Waals surface area contributed by atoms with Gasteiger partial charge in [0.25, 0.3) is 0 Å². The Bertz CT molecular complexity index is 643. The van der Waals surface area contributed by atoms with Crippen molar-refractivity contribution in [1.82, 2.24) is 29.5 Å². The fourth-order valence-corrected chi connectivity index (χ4v) is 1.84. The molecule has 92 valence electrons. The Hall–Kier alpha value is -3.01. The molecule has 0 saturated heterocycles. The molecule has 3 rings (SSSR count). The molecule has 0 aliphatic carbocycles. The van der Waals surface area contributed by atoms with Gasteiger partial charge < -0.3 is 0 Å². The van der Waals surface area contributed by atoms with Crippen LogP contribution >= 0.6 is 0 Å². The maximum atomic E-state index is 8.83. The molecule has 0 spiro atoms. The molecule has 0 unspecified atom stereocenters. The highest BCUT2D eigenvalue weighted by Crippen LogP contribution is 2.18. The van der Waals surface area contributed by atoms with Crippen molar-refractivity contribution >= 4 is 0 Å². The lowest BCUT2D eigenvalue weighted by molar-refractivity contribution is 0.417. The monoisotopic (exact) mass is 251 g/mol. The first-order valence-corrected chi connectivity index (χ1v) is 5.57. The van der Waals surface area contributed by atoms with Crippen molar-refractivity contribution in [2.24, 2.45) is 0 Å². The predicted octanol–water partition coefficient (Wildman–Crippen LogP) is 0.836. The fourth-order valence-electron chi connectivity index (χ4n) is 1.84. The highest BCUT2D eigenvalue weighted by Gasteiger charge is 2.17. The van der Waals surface area contributed by atoms with E-state index in [0.29, 0.717) is 5.56 Å². The zero-order valence-corrected chi connectivity index (χ0v) is 9.83. The molecule has 0 N–H and O–H groups in total. The summed E-state index contributed by atoms with van der Waals surface area (Å²) in [4.78, 5) is 7.90. The number of rotatable bonds is 3. The summed E-state index contributed by atoms with van der Waals surface area (Å²) in [6, 6.07) is 9.35. The van der Waals surface area contributed by atoms with E-state index in [4.69, 9.17) is 5.26 Å². The molecule has 2 heterocycles. The molecule has 7 heteroatoms. The van der Waals surface area contributed by atoms with E-state index in [1.807, 2.05) is 12.1 Å². The first-order valence-electron chi connectivity index (χ1n) is 5.57. The van der Waals surface area contributed by atoms with Gasteiger partial charge in [0, 0.05) is 0 Å². The minimum atomic E-state index is -0.266. The molecular formula is C12H9N7. The van der Waals surface area contributed by atoms with Gasteiger partial charge in [-0.05, 0) is 17.7 Å². The molecule has 1 aromatic carbocycles. The predicted molar refractivity (Wildman–Crippen MR) is 64.7 cm³/mol. The van der Waals surface area contributed by atoms with Crippen LogP contribution in [0.3, 0.4) is 0 Å². The van der Waals surface area contributed by atoms with Crippen molar-refractivity contribution in [2.45, 2.75) is 6.17 Å². The average Bonchev–Trinajstić information content (AvgIpc) is 3.13. The van der Waals surface area contributed by atoms with E-state index in [1.54, 1.807) is 34.2 Å². The van der Waals surface area contributed by atoms with Gasteiger partial charge in [-0.2, -0.15) is 15.5 Å². The topological polar surface area (TPSA) is 85.2 Å². The first kappa shape index (κ1) is 11.1. The van der Waals surface area contributed by atoms with E-state index in [9.17, 15) is 0 Å². The lowest BCUT2D eigenvalue weighted by Gasteiger charge is -2.17. The Morgan fingerprint density at radius 3 is 1.95 bits per heavy atom. The molecule has 0 atom stereocenters. The van der Waals surface area contributed by atoms with Crippen LogP contribution in [0.25, 0.3) is 0 Å². The van der Waals surface area contributed by atoms with Crippen LogP contribution in [0.1, 0.15) is 17.3 Å². The molecule has 3 aromatic rings. The Labute approximate surface area is 108 Å². The van der Waals surface area contributed by atoms with Gasteiger partial charge in [0.05, 0.1) is 11.6 Å². The lowest BCUT2D eigenvalue weighted by atomic mass is 10.1. The van der Waals surface area contributed by atoms with Gasteiger partial charge >= 0.3 is 0 Å². The minimum Gasteiger partial charge on any atom is -0.224 e. The largest absolute Gasteiger partial charge is 0.224 e. The van der Waals surface area contributed by atoms with E-state index in [2.05, 4.69) is 26.2 Å². The van der Waals surface area contributed by atoms with E-state index < -0.39 is 0 Å². The highest BCUT2D eigenvalue weighted by atomic mass is 15.5. The second-order valence-electron chi connectivity index (χ2n) is 3.86. The van der Waals surface area contributed by atoms with Gasteiger partial charge in [-0.1, -0.05) is 12.1 Å². The van der Waals surface area contributed by atoms with Crippen molar-refractivity contribution in [3.63, 3.8) is 0 Å². The van der Waals surface area contributed by atoms with Gasteiger partial charge in [0.15, 0.2) is 6.17 Å². The number of hydrogen-bond acceptors (Lipinski definition) is 5. The molecule has 0 amide bonds. The van der Waals surface area contributed by atoms with Crippen LogP contribution in [0, 0.1) is 11.3 Å². The van der Waals surface area contributed by atoms with Gasteiger partial charge in [0.2, 0.25) is 0 Å². The van der Waals surface area contributed by atoms with Crippen molar-refractivity contribution in [1.29, 1.82) is 5.26 Å². The lowest BCUT2D eigenvalue weighted by Crippen LogP contribution is -2.20. The van der Waals surface area contributed by atoms with Crippen molar-refractivity contribution in [3.8, 4) is 6.07 Å². The van der Waals surface area contributed by atoms with E-state index >= 15 is 0 Å². The molecule has 2 aromatic heterocycles. The number of benzene rings is 1. The summed E-state index contributed by atoms with van der Waals surface area (Å²) in [5.74, 6) is 0. The molecule has 7 nitrogen and oxygen atoms in total. The van der Waals surface area contributed by atoms with E-state index in [1.165, 1.54) is 12.7 Å². The van der Waals surface area contributed by atoms with Gasteiger partial charge in [-0.25, -0.2) is 19.3 Å². The third-order valence-corrected chi connectivity index (χ3v) is 2.71. The van der Waals surface area contributed by atoms with Crippen LogP contribution in [0.5, 0.6) is 0 Å². The second kappa shape index (κ2) is 4.70. The van der Waals surface area contributed by atoms with Crippen LogP contribution in [-0.4, -0.2) is 29.5 Å². The summed E-state index contributed by atoms with van der Waals surface area (Å²) in [5, 5.41) is 17.1. The maximum Gasteiger partial charge on any atom is 0.172 e. The molecule has 0 saturated carbocycles. The van der Waals surface area contributed by atoms with Crippen molar-refractivity contribution < 1.29 is 0 Å². The van der Waals surface area contributed by atoms with Crippen molar-refractivity contribution in [3.05, 3.63) is 60.7 Å². The van der Waals surface area contributed by atoms with Crippen LogP contribution in [-0.2, 0) is 0 Å². The van der Waals surface area contributed by atoms with Crippen LogP contribution < -0.4 is 0 Å². The van der Waals surface area contributed by atoms with Gasteiger partial charge in [0.1, 0.15) is 25.3 Å². The number of nitrogens with zero attached hydrogens (tertiary/aromatic N) is 7. The first-order chi connectivity index (χ1) is 9.38. The Morgan fingerprint density at radius 1 is 0.947 bits per heavy atom. The van der Waals surface area contributed by atoms with Crippen LogP contribution in [0.4, 0.5) is 0 Å². The zero-order valence-electron chi connectivity index (χ0n) is 9.83. The van der Waals surface area contributed by atoms with E-state index in [0.717, 1.165) is 5.56 Å². The Balaban J connectivity index is 2.07.